The van der Waals surface area contributed by atoms with Crippen LogP contribution in [0.1, 0.15) is 23.2 Å². The summed E-state index contributed by atoms with van der Waals surface area (Å²) in [5.74, 6) is -0.147. The van der Waals surface area contributed by atoms with E-state index < -0.39 is 6.04 Å². The maximum atomic E-state index is 12.3. The summed E-state index contributed by atoms with van der Waals surface area (Å²) in [5, 5.41) is 14.4. The number of carbonyl (C=O) groups excluding carboxylic acids is 3. The van der Waals surface area contributed by atoms with Crippen LogP contribution in [0.15, 0.2) is 47.1 Å². The Balaban J connectivity index is 1.35. The van der Waals surface area contributed by atoms with E-state index in [2.05, 4.69) is 31.1 Å². The Hall–Kier alpha value is -3.95. The highest BCUT2D eigenvalue weighted by atomic mass is 16.3. The molecule has 2 aromatic heterocycles. The third-order valence-electron chi connectivity index (χ3n) is 4.20. The van der Waals surface area contributed by atoms with Gasteiger partial charge in [0.05, 0.1) is 17.5 Å². The maximum Gasteiger partial charge on any atom is 0.254 e. The summed E-state index contributed by atoms with van der Waals surface area (Å²) < 4.78 is 5.19. The van der Waals surface area contributed by atoms with Crippen molar-refractivity contribution in [3.05, 3.63) is 48.2 Å². The van der Waals surface area contributed by atoms with E-state index in [1.807, 2.05) is 0 Å². The summed E-state index contributed by atoms with van der Waals surface area (Å²) in [7, 11) is 0. The zero-order valence-corrected chi connectivity index (χ0v) is 14.6. The summed E-state index contributed by atoms with van der Waals surface area (Å²) in [6.45, 7) is 0. The van der Waals surface area contributed by atoms with E-state index in [-0.39, 0.29) is 36.5 Å². The number of amides is 3. The van der Waals surface area contributed by atoms with Crippen LogP contribution in [0.5, 0.6) is 0 Å². The third kappa shape index (κ3) is 3.61. The van der Waals surface area contributed by atoms with Crippen molar-refractivity contribution in [2.45, 2.75) is 18.9 Å². The van der Waals surface area contributed by atoms with Gasteiger partial charge >= 0.3 is 0 Å². The second-order valence-corrected chi connectivity index (χ2v) is 6.13. The minimum atomic E-state index is -0.823. The van der Waals surface area contributed by atoms with Gasteiger partial charge in [-0.25, -0.2) is 0 Å². The van der Waals surface area contributed by atoms with Crippen LogP contribution in [0.25, 0.3) is 11.6 Å². The fraction of sp³-hybridized carbons (Fsp3) is 0.167. The lowest BCUT2D eigenvalue weighted by molar-refractivity contribution is -0.118. The van der Waals surface area contributed by atoms with Crippen LogP contribution < -0.4 is 16.0 Å². The summed E-state index contributed by atoms with van der Waals surface area (Å²) in [4.78, 5) is 40.9. The van der Waals surface area contributed by atoms with Gasteiger partial charge in [-0.3, -0.25) is 24.8 Å². The van der Waals surface area contributed by atoms with Gasteiger partial charge in [0.1, 0.15) is 6.04 Å². The Morgan fingerprint density at radius 1 is 1.18 bits per heavy atom. The molecule has 142 valence electrons. The molecule has 0 radical (unpaired) electrons. The van der Waals surface area contributed by atoms with Crippen LogP contribution in [0, 0.1) is 0 Å². The quantitative estimate of drug-likeness (QED) is 0.529. The molecule has 0 fully saturated rings. The first kappa shape index (κ1) is 17.5. The molecule has 0 bridgehead atoms. The molecule has 0 spiro atoms. The van der Waals surface area contributed by atoms with E-state index in [4.69, 9.17) is 4.42 Å². The van der Waals surface area contributed by atoms with E-state index in [1.165, 1.54) is 6.26 Å². The molecule has 0 saturated carbocycles. The van der Waals surface area contributed by atoms with Crippen molar-refractivity contribution in [3.63, 3.8) is 0 Å². The lowest BCUT2D eigenvalue weighted by Crippen LogP contribution is -2.41. The number of H-pyrrole nitrogens is 1. The average molecular weight is 380 g/mol. The SMILES string of the molecule is O=C(CC[C@@H]1NC(=O)c2ccccc2NC1=O)Nc1n[nH]c(-c2ccco2)n1. The number of para-hydroxylation sites is 1. The maximum absolute atomic E-state index is 12.3. The van der Waals surface area contributed by atoms with E-state index >= 15 is 0 Å². The molecular weight excluding hydrogens is 364 g/mol. The summed E-state index contributed by atoms with van der Waals surface area (Å²) >= 11 is 0. The van der Waals surface area contributed by atoms with Crippen LogP contribution in [-0.2, 0) is 9.59 Å². The summed E-state index contributed by atoms with van der Waals surface area (Å²) in [6.07, 6.45) is 1.63. The standard InChI is InChI=1S/C18H16N6O4/c25-14(21-18-22-15(23-24-18)13-6-3-9-28-13)8-7-12-17(27)19-11-5-2-1-4-10(11)16(26)20-12/h1-6,9,12H,7-8H2,(H,19,27)(H,20,26)(H2,21,22,23,24,25)/t12-/m0/s1. The Labute approximate surface area is 158 Å². The molecule has 1 aliphatic rings. The van der Waals surface area contributed by atoms with Crippen LogP contribution in [0.3, 0.4) is 0 Å². The smallest absolute Gasteiger partial charge is 0.254 e. The largest absolute Gasteiger partial charge is 0.461 e. The molecule has 1 aromatic carbocycles. The minimum Gasteiger partial charge on any atom is -0.461 e. The molecule has 10 heteroatoms. The van der Waals surface area contributed by atoms with Gasteiger partial charge in [-0.05, 0) is 30.7 Å². The molecule has 3 heterocycles. The molecule has 1 atom stereocenters. The fourth-order valence-electron chi connectivity index (χ4n) is 2.82. The Kier molecular flexibility index (Phi) is 4.58. The number of rotatable bonds is 5. The second kappa shape index (κ2) is 7.35. The molecule has 3 amide bonds. The topological polar surface area (TPSA) is 142 Å². The van der Waals surface area contributed by atoms with Crippen molar-refractivity contribution in [2.75, 3.05) is 10.6 Å². The second-order valence-electron chi connectivity index (χ2n) is 6.13. The zero-order valence-electron chi connectivity index (χ0n) is 14.6. The number of fused-ring (bicyclic) bond motifs is 1. The number of hydrogen-bond donors (Lipinski definition) is 4. The molecule has 4 N–H and O–H groups in total. The van der Waals surface area contributed by atoms with E-state index in [1.54, 1.807) is 36.4 Å². The first-order chi connectivity index (χ1) is 13.6. The highest BCUT2D eigenvalue weighted by Gasteiger charge is 2.28. The highest BCUT2D eigenvalue weighted by molar-refractivity contribution is 6.09. The van der Waals surface area contributed by atoms with Crippen molar-refractivity contribution < 1.29 is 18.8 Å². The molecular formula is C18H16N6O4. The molecule has 1 aliphatic heterocycles. The molecule has 0 unspecified atom stereocenters. The number of hydrogen-bond acceptors (Lipinski definition) is 6. The number of benzene rings is 1. The van der Waals surface area contributed by atoms with Gasteiger partial charge in [-0.1, -0.05) is 12.1 Å². The molecule has 0 aliphatic carbocycles. The van der Waals surface area contributed by atoms with E-state index in [0.717, 1.165) is 0 Å². The average Bonchev–Trinajstić information content (AvgIpc) is 3.34. The molecule has 0 saturated heterocycles. The van der Waals surface area contributed by atoms with Crippen LogP contribution >= 0.6 is 0 Å². The van der Waals surface area contributed by atoms with E-state index in [0.29, 0.717) is 22.8 Å². The molecule has 28 heavy (non-hydrogen) atoms. The normalized spacial score (nSPS) is 15.9. The monoisotopic (exact) mass is 380 g/mol. The van der Waals surface area contributed by atoms with Gasteiger partial charge in [0, 0.05) is 6.42 Å². The van der Waals surface area contributed by atoms with Gasteiger partial charge in [0.15, 0.2) is 11.6 Å². The van der Waals surface area contributed by atoms with Crippen LogP contribution in [0.2, 0.25) is 0 Å². The van der Waals surface area contributed by atoms with Crippen molar-refractivity contribution >= 4 is 29.4 Å². The van der Waals surface area contributed by atoms with Crippen molar-refractivity contribution in [1.29, 1.82) is 0 Å². The number of nitrogens with zero attached hydrogens (tertiary/aromatic N) is 2. The number of aromatic nitrogens is 3. The Bertz CT molecular complexity index is 1030. The first-order valence-electron chi connectivity index (χ1n) is 8.57. The van der Waals surface area contributed by atoms with Gasteiger partial charge in [0.25, 0.3) is 5.91 Å². The Morgan fingerprint density at radius 3 is 2.86 bits per heavy atom. The molecule has 4 rings (SSSR count). The number of furan rings is 1. The number of carbonyl (C=O) groups is 3. The summed E-state index contributed by atoms with van der Waals surface area (Å²) in [5.41, 5.74) is 0.831. The first-order valence-corrected chi connectivity index (χ1v) is 8.57. The van der Waals surface area contributed by atoms with Gasteiger partial charge in [0.2, 0.25) is 17.8 Å². The van der Waals surface area contributed by atoms with Gasteiger partial charge in [-0.2, -0.15) is 4.98 Å². The van der Waals surface area contributed by atoms with Crippen molar-refractivity contribution in [3.8, 4) is 11.6 Å². The van der Waals surface area contributed by atoms with Gasteiger partial charge < -0.3 is 15.1 Å². The number of anilines is 2. The number of nitrogens with one attached hydrogen (secondary N) is 4. The molecule has 10 nitrogen and oxygen atoms in total. The van der Waals surface area contributed by atoms with Crippen LogP contribution in [0.4, 0.5) is 11.6 Å². The number of aromatic amines is 1. The highest BCUT2D eigenvalue weighted by Crippen LogP contribution is 2.19. The zero-order chi connectivity index (χ0) is 19.5. The van der Waals surface area contributed by atoms with E-state index in [9.17, 15) is 14.4 Å². The lowest BCUT2D eigenvalue weighted by atomic mass is 10.1. The third-order valence-corrected chi connectivity index (χ3v) is 4.20. The van der Waals surface area contributed by atoms with Crippen molar-refractivity contribution in [1.82, 2.24) is 20.5 Å². The predicted octanol–water partition coefficient (Wildman–Crippen LogP) is 1.53. The molecule has 3 aromatic rings. The lowest BCUT2D eigenvalue weighted by Gasteiger charge is -2.13. The Morgan fingerprint density at radius 2 is 2.04 bits per heavy atom. The summed E-state index contributed by atoms with van der Waals surface area (Å²) in [6, 6.07) is 9.32. The van der Waals surface area contributed by atoms with Gasteiger partial charge in [-0.15, -0.1) is 5.10 Å². The van der Waals surface area contributed by atoms with Crippen molar-refractivity contribution in [2.24, 2.45) is 0 Å². The predicted molar refractivity (Wildman–Crippen MR) is 98.3 cm³/mol. The fourth-order valence-corrected chi connectivity index (χ4v) is 2.82. The van der Waals surface area contributed by atoms with Crippen LogP contribution in [-0.4, -0.2) is 38.9 Å². The minimum absolute atomic E-state index is 0.000658.